The first-order valence-corrected chi connectivity index (χ1v) is 4.92. The molecule has 4 heteroatoms. The summed E-state index contributed by atoms with van der Waals surface area (Å²) in [6.07, 6.45) is 0.649. The first kappa shape index (κ1) is 9.21. The lowest BCUT2D eigenvalue weighted by atomic mass is 10.2. The number of nitrogen functional groups attached to an aromatic ring is 1. The third kappa shape index (κ3) is 1.63. The van der Waals surface area contributed by atoms with Crippen molar-refractivity contribution in [1.82, 2.24) is 9.97 Å². The van der Waals surface area contributed by atoms with E-state index in [0.29, 0.717) is 23.9 Å². The Morgan fingerprint density at radius 3 is 2.79 bits per heavy atom. The van der Waals surface area contributed by atoms with Gasteiger partial charge in [0.05, 0.1) is 5.52 Å². The van der Waals surface area contributed by atoms with Crippen molar-refractivity contribution in [3.8, 4) is 0 Å². The van der Waals surface area contributed by atoms with E-state index in [1.807, 2.05) is 24.3 Å². The second-order valence-electron chi connectivity index (χ2n) is 2.98. The summed E-state index contributed by atoms with van der Waals surface area (Å²) >= 11 is 5.62. The van der Waals surface area contributed by atoms with Crippen molar-refractivity contribution in [3.63, 3.8) is 0 Å². The minimum atomic E-state index is 0.512. The number of hydrogen-bond donors (Lipinski definition) is 1. The van der Waals surface area contributed by atoms with Gasteiger partial charge in [0.2, 0.25) is 0 Å². The van der Waals surface area contributed by atoms with E-state index in [9.17, 15) is 0 Å². The molecular weight excluding hydrogens is 198 g/mol. The second-order valence-corrected chi connectivity index (χ2v) is 3.36. The number of nitrogens with two attached hydrogens (primary N) is 1. The summed E-state index contributed by atoms with van der Waals surface area (Å²) in [5.41, 5.74) is 6.67. The number of anilines is 1. The summed E-state index contributed by atoms with van der Waals surface area (Å²) in [5.74, 6) is 1.74. The maximum atomic E-state index is 5.79. The molecule has 0 bridgehead atoms. The van der Waals surface area contributed by atoms with Gasteiger partial charge in [-0.2, -0.15) is 0 Å². The van der Waals surface area contributed by atoms with Crippen molar-refractivity contribution in [3.05, 3.63) is 30.1 Å². The number of halogens is 1. The summed E-state index contributed by atoms with van der Waals surface area (Å²) in [7, 11) is 0. The fourth-order valence-corrected chi connectivity index (χ4v) is 1.52. The molecule has 0 unspecified atom stereocenters. The molecule has 0 saturated heterocycles. The van der Waals surface area contributed by atoms with Crippen molar-refractivity contribution in [1.29, 1.82) is 0 Å². The van der Waals surface area contributed by atoms with Gasteiger partial charge in [0, 0.05) is 17.7 Å². The van der Waals surface area contributed by atoms with Gasteiger partial charge in [0.25, 0.3) is 0 Å². The van der Waals surface area contributed by atoms with E-state index in [0.717, 1.165) is 10.9 Å². The van der Waals surface area contributed by atoms with Gasteiger partial charge < -0.3 is 5.73 Å². The normalized spacial score (nSPS) is 10.6. The number of aromatic nitrogens is 2. The van der Waals surface area contributed by atoms with Crippen LogP contribution in [0, 0.1) is 0 Å². The molecule has 0 amide bonds. The van der Waals surface area contributed by atoms with Crippen LogP contribution in [0.3, 0.4) is 0 Å². The lowest BCUT2D eigenvalue weighted by molar-refractivity contribution is 0.971. The smallest absolute Gasteiger partial charge is 0.135 e. The highest BCUT2D eigenvalue weighted by atomic mass is 35.5. The van der Waals surface area contributed by atoms with Crippen LogP contribution >= 0.6 is 11.6 Å². The fourth-order valence-electron chi connectivity index (χ4n) is 1.35. The molecule has 1 heterocycles. The molecule has 0 aliphatic carbocycles. The van der Waals surface area contributed by atoms with Gasteiger partial charge in [0.15, 0.2) is 0 Å². The Bertz CT molecular complexity index is 456. The Labute approximate surface area is 86.9 Å². The van der Waals surface area contributed by atoms with E-state index in [2.05, 4.69) is 9.97 Å². The summed E-state index contributed by atoms with van der Waals surface area (Å²) < 4.78 is 0. The lowest BCUT2D eigenvalue weighted by Crippen LogP contribution is -2.01. The molecule has 0 radical (unpaired) electrons. The highest BCUT2D eigenvalue weighted by molar-refractivity contribution is 6.17. The fraction of sp³-hybridized carbons (Fsp3) is 0.200. The molecule has 72 valence electrons. The second kappa shape index (κ2) is 3.80. The summed E-state index contributed by atoms with van der Waals surface area (Å²) in [4.78, 5) is 8.52. The van der Waals surface area contributed by atoms with Crippen LogP contribution in [0.5, 0.6) is 0 Å². The zero-order valence-corrected chi connectivity index (χ0v) is 8.33. The van der Waals surface area contributed by atoms with Crippen LogP contribution in [0.1, 0.15) is 5.82 Å². The average molecular weight is 208 g/mol. The Hall–Kier alpha value is -1.35. The van der Waals surface area contributed by atoms with Crippen LogP contribution < -0.4 is 5.73 Å². The Kier molecular flexibility index (Phi) is 2.50. The number of rotatable bonds is 2. The zero-order valence-electron chi connectivity index (χ0n) is 7.57. The molecule has 3 nitrogen and oxygen atoms in total. The minimum Gasteiger partial charge on any atom is -0.383 e. The van der Waals surface area contributed by atoms with E-state index >= 15 is 0 Å². The number of alkyl halides is 1. The molecule has 1 aromatic carbocycles. The standard InChI is InChI=1S/C10H10ClN3/c11-6-5-9-13-8-4-2-1-3-7(8)10(12)14-9/h1-4H,5-6H2,(H2,12,13,14). The van der Waals surface area contributed by atoms with Crippen molar-refractivity contribution in [2.24, 2.45) is 0 Å². The Morgan fingerprint density at radius 2 is 2.00 bits per heavy atom. The number of hydrogen-bond acceptors (Lipinski definition) is 3. The summed E-state index contributed by atoms with van der Waals surface area (Å²) in [6.45, 7) is 0. The number of aryl methyl sites for hydroxylation is 1. The lowest BCUT2D eigenvalue weighted by Gasteiger charge is -2.03. The molecule has 0 aliphatic heterocycles. The van der Waals surface area contributed by atoms with Gasteiger partial charge in [-0.05, 0) is 12.1 Å². The van der Waals surface area contributed by atoms with E-state index in [1.165, 1.54) is 0 Å². The van der Waals surface area contributed by atoms with Crippen LogP contribution in [0.2, 0.25) is 0 Å². The van der Waals surface area contributed by atoms with E-state index in [1.54, 1.807) is 0 Å². The van der Waals surface area contributed by atoms with Gasteiger partial charge in [-0.15, -0.1) is 11.6 Å². The summed E-state index contributed by atoms with van der Waals surface area (Å²) in [6, 6.07) is 7.68. The monoisotopic (exact) mass is 207 g/mol. The number of nitrogens with zero attached hydrogens (tertiary/aromatic N) is 2. The van der Waals surface area contributed by atoms with E-state index < -0.39 is 0 Å². The predicted octanol–water partition coefficient (Wildman–Crippen LogP) is 1.99. The highest BCUT2D eigenvalue weighted by Gasteiger charge is 2.03. The van der Waals surface area contributed by atoms with Crippen LogP contribution in [-0.4, -0.2) is 15.8 Å². The molecule has 2 rings (SSSR count). The molecule has 0 saturated carbocycles. The van der Waals surface area contributed by atoms with Crippen molar-refractivity contribution >= 4 is 28.3 Å². The van der Waals surface area contributed by atoms with Crippen LogP contribution in [0.4, 0.5) is 5.82 Å². The van der Waals surface area contributed by atoms with E-state index in [-0.39, 0.29) is 0 Å². The van der Waals surface area contributed by atoms with Crippen LogP contribution in [-0.2, 0) is 6.42 Å². The molecular formula is C10H10ClN3. The van der Waals surface area contributed by atoms with Crippen LogP contribution in [0.15, 0.2) is 24.3 Å². The van der Waals surface area contributed by atoms with Crippen molar-refractivity contribution < 1.29 is 0 Å². The molecule has 0 spiro atoms. The summed E-state index contributed by atoms with van der Waals surface area (Å²) in [5, 5.41) is 0.894. The molecule has 2 N–H and O–H groups in total. The number of benzene rings is 1. The predicted molar refractivity (Wildman–Crippen MR) is 58.4 cm³/mol. The maximum Gasteiger partial charge on any atom is 0.135 e. The minimum absolute atomic E-state index is 0.512. The van der Waals surface area contributed by atoms with Gasteiger partial charge in [-0.3, -0.25) is 0 Å². The number of para-hydroxylation sites is 1. The Balaban J connectivity index is 2.60. The van der Waals surface area contributed by atoms with Crippen molar-refractivity contribution in [2.75, 3.05) is 11.6 Å². The van der Waals surface area contributed by atoms with Crippen molar-refractivity contribution in [2.45, 2.75) is 6.42 Å². The topological polar surface area (TPSA) is 51.8 Å². The average Bonchev–Trinajstić information content (AvgIpc) is 2.18. The SMILES string of the molecule is Nc1nc(CCCl)nc2ccccc12. The van der Waals surface area contributed by atoms with Gasteiger partial charge >= 0.3 is 0 Å². The van der Waals surface area contributed by atoms with Gasteiger partial charge in [0.1, 0.15) is 11.6 Å². The molecule has 1 aromatic heterocycles. The third-order valence-electron chi connectivity index (χ3n) is 2.00. The number of fused-ring (bicyclic) bond motifs is 1. The third-order valence-corrected chi connectivity index (χ3v) is 2.19. The molecule has 0 atom stereocenters. The molecule has 0 fully saturated rings. The maximum absolute atomic E-state index is 5.79. The molecule has 0 aliphatic rings. The van der Waals surface area contributed by atoms with Gasteiger partial charge in [-0.25, -0.2) is 9.97 Å². The Morgan fingerprint density at radius 1 is 1.21 bits per heavy atom. The van der Waals surface area contributed by atoms with Gasteiger partial charge in [-0.1, -0.05) is 12.1 Å². The first-order valence-electron chi connectivity index (χ1n) is 4.38. The largest absolute Gasteiger partial charge is 0.383 e. The zero-order chi connectivity index (χ0) is 9.97. The quantitative estimate of drug-likeness (QED) is 0.767. The molecule has 14 heavy (non-hydrogen) atoms. The van der Waals surface area contributed by atoms with Crippen LogP contribution in [0.25, 0.3) is 10.9 Å². The highest BCUT2D eigenvalue weighted by Crippen LogP contribution is 2.17. The first-order chi connectivity index (χ1) is 6.81. The molecule has 2 aromatic rings. The van der Waals surface area contributed by atoms with E-state index in [4.69, 9.17) is 17.3 Å².